The van der Waals surface area contributed by atoms with E-state index in [9.17, 15) is 0 Å². The number of rotatable bonds is 6. The Hall–Kier alpha value is -1.29. The van der Waals surface area contributed by atoms with Crippen LogP contribution in [0.1, 0.15) is 25.0 Å². The molecule has 0 unspecified atom stereocenters. The summed E-state index contributed by atoms with van der Waals surface area (Å²) in [5.74, 6) is 0.546. The van der Waals surface area contributed by atoms with Gasteiger partial charge in [-0.3, -0.25) is 4.98 Å². The third-order valence-electron chi connectivity index (χ3n) is 2.79. The highest BCUT2D eigenvalue weighted by Crippen LogP contribution is 2.34. The summed E-state index contributed by atoms with van der Waals surface area (Å²) >= 11 is 12.5. The van der Waals surface area contributed by atoms with Gasteiger partial charge in [-0.05, 0) is 43.2 Å². The molecule has 2 rings (SSSR count). The van der Waals surface area contributed by atoms with Crippen LogP contribution in [0.3, 0.4) is 0 Å². The van der Waals surface area contributed by atoms with Gasteiger partial charge in [0.15, 0.2) is 5.75 Å². The minimum Gasteiger partial charge on any atom is -0.488 e. The number of nitrogens with zero attached hydrogens (tertiary/aromatic N) is 1. The summed E-state index contributed by atoms with van der Waals surface area (Å²) in [7, 11) is 0. The lowest BCUT2D eigenvalue weighted by molar-refractivity contribution is 0.242. The van der Waals surface area contributed by atoms with E-state index in [2.05, 4.69) is 10.3 Å². The van der Waals surface area contributed by atoms with Crippen molar-refractivity contribution in [3.63, 3.8) is 0 Å². The van der Waals surface area contributed by atoms with Gasteiger partial charge in [0.25, 0.3) is 0 Å². The van der Waals surface area contributed by atoms with Crippen molar-refractivity contribution >= 4 is 23.2 Å². The summed E-state index contributed by atoms with van der Waals surface area (Å²) in [6.07, 6.45) is 3.64. The molecule has 1 N–H and O–H groups in total. The van der Waals surface area contributed by atoms with E-state index >= 15 is 0 Å². The zero-order valence-electron chi connectivity index (χ0n) is 12.1. The molecule has 1 aromatic heterocycles. The summed E-state index contributed by atoms with van der Waals surface area (Å²) in [5.41, 5.74) is 2.15. The first-order valence-corrected chi connectivity index (χ1v) is 7.56. The number of aromatic nitrogens is 1. The van der Waals surface area contributed by atoms with E-state index in [-0.39, 0.29) is 6.10 Å². The molecular weight excluding hydrogens is 307 g/mol. The lowest BCUT2D eigenvalue weighted by Gasteiger charge is -2.14. The Morgan fingerprint density at radius 2 is 1.81 bits per heavy atom. The maximum absolute atomic E-state index is 6.23. The molecule has 0 spiro atoms. The van der Waals surface area contributed by atoms with E-state index < -0.39 is 0 Å². The molecule has 3 nitrogen and oxygen atoms in total. The van der Waals surface area contributed by atoms with E-state index in [0.29, 0.717) is 22.3 Å². The molecule has 21 heavy (non-hydrogen) atoms. The van der Waals surface area contributed by atoms with Crippen LogP contribution in [-0.4, -0.2) is 11.1 Å². The van der Waals surface area contributed by atoms with E-state index in [0.717, 1.165) is 17.7 Å². The first kappa shape index (κ1) is 16.1. The summed E-state index contributed by atoms with van der Waals surface area (Å²) in [5, 5.41) is 4.41. The molecule has 5 heteroatoms. The maximum Gasteiger partial charge on any atom is 0.156 e. The summed E-state index contributed by atoms with van der Waals surface area (Å²) in [6.45, 7) is 5.30. The minimum atomic E-state index is 0.0366. The number of ether oxygens (including phenoxy) is 1. The summed E-state index contributed by atoms with van der Waals surface area (Å²) in [6, 6.07) is 7.70. The molecule has 0 saturated carbocycles. The quantitative estimate of drug-likeness (QED) is 0.851. The zero-order valence-corrected chi connectivity index (χ0v) is 13.6. The number of hydrogen-bond acceptors (Lipinski definition) is 3. The monoisotopic (exact) mass is 324 g/mol. The van der Waals surface area contributed by atoms with Gasteiger partial charge >= 0.3 is 0 Å². The van der Waals surface area contributed by atoms with Crippen LogP contribution in [0.15, 0.2) is 36.7 Å². The van der Waals surface area contributed by atoms with Crippen LogP contribution in [0.4, 0.5) is 0 Å². The second-order valence-electron chi connectivity index (χ2n) is 5.02. The Balaban J connectivity index is 1.98. The number of hydrogen-bond donors (Lipinski definition) is 1. The topological polar surface area (TPSA) is 34.1 Å². The molecule has 112 valence electrons. The van der Waals surface area contributed by atoms with Crippen LogP contribution in [0.25, 0.3) is 0 Å². The van der Waals surface area contributed by atoms with Gasteiger partial charge in [0.1, 0.15) is 0 Å². The van der Waals surface area contributed by atoms with E-state index in [1.165, 1.54) is 0 Å². The zero-order chi connectivity index (χ0) is 15.2. The Bertz CT molecular complexity index is 565. The van der Waals surface area contributed by atoms with Gasteiger partial charge in [-0.15, -0.1) is 0 Å². The number of pyridine rings is 1. The molecule has 0 aliphatic rings. The van der Waals surface area contributed by atoms with Crippen LogP contribution in [-0.2, 0) is 13.1 Å². The van der Waals surface area contributed by atoms with Crippen LogP contribution in [0.5, 0.6) is 5.75 Å². The molecule has 1 aromatic carbocycles. The van der Waals surface area contributed by atoms with Crippen LogP contribution < -0.4 is 10.1 Å². The van der Waals surface area contributed by atoms with Gasteiger partial charge in [-0.1, -0.05) is 29.3 Å². The Labute approximate surface area is 135 Å². The SMILES string of the molecule is CC(C)Oc1c(Cl)cc(CNCc2cccnc2)cc1Cl. The molecular formula is C16H18Cl2N2O. The normalized spacial score (nSPS) is 10.9. The third kappa shape index (κ3) is 4.88. The van der Waals surface area contributed by atoms with Crippen LogP contribution >= 0.6 is 23.2 Å². The molecule has 0 fully saturated rings. The highest BCUT2D eigenvalue weighted by atomic mass is 35.5. The Kier molecular flexibility index (Phi) is 5.85. The average Bonchev–Trinajstić information content (AvgIpc) is 2.44. The predicted molar refractivity (Wildman–Crippen MR) is 87.0 cm³/mol. The fourth-order valence-corrected chi connectivity index (χ4v) is 2.54. The van der Waals surface area contributed by atoms with Gasteiger partial charge < -0.3 is 10.1 Å². The molecule has 1 heterocycles. The second-order valence-corrected chi connectivity index (χ2v) is 5.83. The van der Waals surface area contributed by atoms with E-state index in [1.807, 2.05) is 44.3 Å². The van der Waals surface area contributed by atoms with Crippen molar-refractivity contribution in [3.8, 4) is 5.75 Å². The molecule has 0 saturated heterocycles. The lowest BCUT2D eigenvalue weighted by Crippen LogP contribution is -2.13. The van der Waals surface area contributed by atoms with Crippen molar-refractivity contribution in [3.05, 3.63) is 57.8 Å². The fraction of sp³-hybridized carbons (Fsp3) is 0.312. The number of benzene rings is 1. The molecule has 2 aromatic rings. The molecule has 0 bridgehead atoms. The molecule has 0 aliphatic carbocycles. The van der Waals surface area contributed by atoms with Gasteiger partial charge in [-0.2, -0.15) is 0 Å². The predicted octanol–water partition coefficient (Wildman–Crippen LogP) is 4.47. The second kappa shape index (κ2) is 7.64. The third-order valence-corrected chi connectivity index (χ3v) is 3.35. The smallest absolute Gasteiger partial charge is 0.156 e. The molecule has 0 radical (unpaired) electrons. The van der Waals surface area contributed by atoms with Crippen molar-refractivity contribution in [1.82, 2.24) is 10.3 Å². The summed E-state index contributed by atoms with van der Waals surface area (Å²) in [4.78, 5) is 4.08. The van der Waals surface area contributed by atoms with Gasteiger partial charge in [-0.25, -0.2) is 0 Å². The van der Waals surface area contributed by atoms with E-state index in [1.54, 1.807) is 6.20 Å². The van der Waals surface area contributed by atoms with Crippen molar-refractivity contribution in [1.29, 1.82) is 0 Å². The van der Waals surface area contributed by atoms with Gasteiger partial charge in [0.2, 0.25) is 0 Å². The standard InChI is InChI=1S/C16H18Cl2N2O/c1-11(2)21-16-14(17)6-13(7-15(16)18)10-20-9-12-4-3-5-19-8-12/h3-8,11,20H,9-10H2,1-2H3. The molecule has 0 amide bonds. The number of nitrogens with one attached hydrogen (secondary N) is 1. The van der Waals surface area contributed by atoms with Crippen LogP contribution in [0.2, 0.25) is 10.0 Å². The van der Waals surface area contributed by atoms with Crippen molar-refractivity contribution in [2.24, 2.45) is 0 Å². The lowest BCUT2D eigenvalue weighted by atomic mass is 10.2. The van der Waals surface area contributed by atoms with Crippen molar-refractivity contribution in [2.75, 3.05) is 0 Å². The Morgan fingerprint density at radius 3 is 2.38 bits per heavy atom. The average molecular weight is 325 g/mol. The van der Waals surface area contributed by atoms with E-state index in [4.69, 9.17) is 27.9 Å². The summed E-state index contributed by atoms with van der Waals surface area (Å²) < 4.78 is 5.61. The van der Waals surface area contributed by atoms with Gasteiger partial charge in [0.05, 0.1) is 16.1 Å². The largest absolute Gasteiger partial charge is 0.488 e. The Morgan fingerprint density at radius 1 is 1.14 bits per heavy atom. The van der Waals surface area contributed by atoms with Crippen molar-refractivity contribution < 1.29 is 4.74 Å². The highest BCUT2D eigenvalue weighted by Gasteiger charge is 2.11. The molecule has 0 atom stereocenters. The van der Waals surface area contributed by atoms with Gasteiger partial charge in [0, 0.05) is 25.5 Å². The maximum atomic E-state index is 6.23. The fourth-order valence-electron chi connectivity index (χ4n) is 1.92. The van der Waals surface area contributed by atoms with Crippen molar-refractivity contribution in [2.45, 2.75) is 33.0 Å². The minimum absolute atomic E-state index is 0.0366. The highest BCUT2D eigenvalue weighted by molar-refractivity contribution is 6.37. The number of halogens is 2. The first-order chi connectivity index (χ1) is 10.1. The van der Waals surface area contributed by atoms with Crippen LogP contribution in [0, 0.1) is 0 Å². The molecule has 0 aliphatic heterocycles. The first-order valence-electron chi connectivity index (χ1n) is 6.80.